The van der Waals surface area contributed by atoms with Gasteiger partial charge in [-0.3, -0.25) is 4.99 Å². The van der Waals surface area contributed by atoms with E-state index in [4.69, 9.17) is 0 Å². The molecular formula is C12H17FN2. The van der Waals surface area contributed by atoms with E-state index in [1.54, 1.807) is 0 Å². The summed E-state index contributed by atoms with van der Waals surface area (Å²) in [7, 11) is 0. The lowest BCUT2D eigenvalue weighted by molar-refractivity contribution is 0.373. The highest BCUT2D eigenvalue weighted by Crippen LogP contribution is 2.24. The fraction of sp³-hybridized carbons (Fsp3) is 0.583. The van der Waals surface area contributed by atoms with Gasteiger partial charge in [0.15, 0.2) is 6.17 Å². The summed E-state index contributed by atoms with van der Waals surface area (Å²) in [6.45, 7) is 2.58. The van der Waals surface area contributed by atoms with Crippen LogP contribution in [0, 0.1) is 5.92 Å². The molecule has 0 aromatic carbocycles. The maximum absolute atomic E-state index is 13.5. The first kappa shape index (κ1) is 10.4. The van der Waals surface area contributed by atoms with E-state index in [-0.39, 0.29) is 6.04 Å². The minimum absolute atomic E-state index is 0.214. The number of aliphatic imine (C=N–C) groups is 1. The number of rotatable bonds is 2. The second kappa shape index (κ2) is 4.60. The summed E-state index contributed by atoms with van der Waals surface area (Å²) >= 11 is 0. The SMILES string of the molecule is CC/N=C1\NC(C2C=CC=CC2)CC1F. The molecule has 82 valence electrons. The molecule has 15 heavy (non-hydrogen) atoms. The lowest BCUT2D eigenvalue weighted by Gasteiger charge is -2.20. The summed E-state index contributed by atoms with van der Waals surface area (Å²) in [6.07, 6.45) is 9.03. The highest BCUT2D eigenvalue weighted by atomic mass is 19.1. The molecule has 3 unspecified atom stereocenters. The fourth-order valence-corrected chi connectivity index (χ4v) is 2.17. The van der Waals surface area contributed by atoms with Gasteiger partial charge < -0.3 is 5.32 Å². The lowest BCUT2D eigenvalue weighted by Crippen LogP contribution is -2.32. The first-order valence-corrected chi connectivity index (χ1v) is 5.59. The maximum atomic E-state index is 13.5. The fourth-order valence-electron chi connectivity index (χ4n) is 2.17. The quantitative estimate of drug-likeness (QED) is 0.739. The largest absolute Gasteiger partial charge is 0.368 e. The number of allylic oxidation sites excluding steroid dienone is 3. The minimum Gasteiger partial charge on any atom is -0.368 e. The molecule has 1 aliphatic carbocycles. The van der Waals surface area contributed by atoms with E-state index in [9.17, 15) is 4.39 Å². The van der Waals surface area contributed by atoms with Crippen LogP contribution in [0.1, 0.15) is 19.8 Å². The van der Waals surface area contributed by atoms with Crippen LogP contribution >= 0.6 is 0 Å². The molecule has 0 aromatic heterocycles. The number of halogens is 1. The van der Waals surface area contributed by atoms with E-state index >= 15 is 0 Å². The minimum atomic E-state index is -0.894. The number of hydrogen-bond acceptors (Lipinski definition) is 1. The Labute approximate surface area is 90.0 Å². The Morgan fingerprint density at radius 1 is 1.53 bits per heavy atom. The van der Waals surface area contributed by atoms with Gasteiger partial charge in [0.25, 0.3) is 0 Å². The molecule has 2 nitrogen and oxygen atoms in total. The van der Waals surface area contributed by atoms with E-state index in [1.165, 1.54) is 0 Å². The zero-order chi connectivity index (χ0) is 10.7. The normalized spacial score (nSPS) is 37.2. The molecular weight excluding hydrogens is 191 g/mol. The maximum Gasteiger partial charge on any atom is 0.159 e. The van der Waals surface area contributed by atoms with Crippen molar-refractivity contribution >= 4 is 5.84 Å². The van der Waals surface area contributed by atoms with Crippen molar-refractivity contribution in [3.8, 4) is 0 Å². The zero-order valence-corrected chi connectivity index (χ0v) is 8.99. The Kier molecular flexibility index (Phi) is 3.19. The molecule has 0 amide bonds. The van der Waals surface area contributed by atoms with E-state index in [1.807, 2.05) is 19.1 Å². The first-order chi connectivity index (χ1) is 7.31. The molecule has 1 saturated heterocycles. The molecule has 0 radical (unpaired) electrons. The molecule has 3 heteroatoms. The molecule has 1 heterocycles. The summed E-state index contributed by atoms with van der Waals surface area (Å²) < 4.78 is 13.5. The van der Waals surface area contributed by atoms with Crippen molar-refractivity contribution in [3.05, 3.63) is 24.3 Å². The van der Waals surface area contributed by atoms with Crippen molar-refractivity contribution in [2.45, 2.75) is 32.0 Å². The zero-order valence-electron chi connectivity index (χ0n) is 8.99. The van der Waals surface area contributed by atoms with Crippen LogP contribution in [-0.4, -0.2) is 24.6 Å². The molecule has 3 atom stereocenters. The summed E-state index contributed by atoms with van der Waals surface area (Å²) in [6, 6.07) is 0.214. The van der Waals surface area contributed by atoms with Crippen LogP contribution < -0.4 is 5.32 Å². The number of nitrogens with one attached hydrogen (secondary N) is 1. The van der Waals surface area contributed by atoms with Crippen LogP contribution in [0.5, 0.6) is 0 Å². The van der Waals surface area contributed by atoms with Gasteiger partial charge in [0.1, 0.15) is 5.84 Å². The molecule has 0 aromatic rings. The van der Waals surface area contributed by atoms with Crippen LogP contribution in [0.15, 0.2) is 29.3 Å². The Hall–Kier alpha value is -1.12. The Bertz CT molecular complexity index is 307. The molecule has 0 saturated carbocycles. The molecule has 1 fully saturated rings. The van der Waals surface area contributed by atoms with Crippen molar-refractivity contribution in [2.24, 2.45) is 10.9 Å². The van der Waals surface area contributed by atoms with Gasteiger partial charge in [0, 0.05) is 24.9 Å². The van der Waals surface area contributed by atoms with Crippen molar-refractivity contribution in [1.29, 1.82) is 0 Å². The van der Waals surface area contributed by atoms with Crippen molar-refractivity contribution < 1.29 is 4.39 Å². The third kappa shape index (κ3) is 2.28. The highest BCUT2D eigenvalue weighted by molar-refractivity contribution is 5.89. The third-order valence-electron chi connectivity index (χ3n) is 2.95. The summed E-state index contributed by atoms with van der Waals surface area (Å²) in [5.74, 6) is 0.961. The van der Waals surface area contributed by atoms with Crippen LogP contribution in [0.3, 0.4) is 0 Å². The van der Waals surface area contributed by atoms with Gasteiger partial charge in [0.2, 0.25) is 0 Å². The van der Waals surface area contributed by atoms with Gasteiger partial charge in [0.05, 0.1) is 0 Å². The van der Waals surface area contributed by atoms with Crippen LogP contribution in [0.4, 0.5) is 4.39 Å². The van der Waals surface area contributed by atoms with E-state index in [2.05, 4.69) is 22.5 Å². The van der Waals surface area contributed by atoms with Gasteiger partial charge in [-0.2, -0.15) is 0 Å². The molecule has 2 rings (SSSR count). The van der Waals surface area contributed by atoms with Crippen molar-refractivity contribution in [1.82, 2.24) is 5.32 Å². The second-order valence-electron chi connectivity index (χ2n) is 4.03. The van der Waals surface area contributed by atoms with Crippen molar-refractivity contribution in [3.63, 3.8) is 0 Å². The Morgan fingerprint density at radius 3 is 3.07 bits per heavy atom. The van der Waals surface area contributed by atoms with Crippen LogP contribution in [0.2, 0.25) is 0 Å². The lowest BCUT2D eigenvalue weighted by atomic mass is 9.92. The summed E-state index contributed by atoms with van der Waals surface area (Å²) in [5.41, 5.74) is 0. The smallest absolute Gasteiger partial charge is 0.159 e. The van der Waals surface area contributed by atoms with Gasteiger partial charge >= 0.3 is 0 Å². The monoisotopic (exact) mass is 208 g/mol. The molecule has 0 spiro atoms. The Balaban J connectivity index is 1.99. The number of nitrogens with zero attached hydrogens (tertiary/aromatic N) is 1. The molecule has 1 N–H and O–H groups in total. The summed E-state index contributed by atoms with van der Waals surface area (Å²) in [4.78, 5) is 4.14. The summed E-state index contributed by atoms with van der Waals surface area (Å²) in [5, 5.41) is 3.20. The average Bonchev–Trinajstić information content (AvgIpc) is 2.63. The number of amidine groups is 1. The van der Waals surface area contributed by atoms with Gasteiger partial charge in [-0.15, -0.1) is 0 Å². The van der Waals surface area contributed by atoms with E-state index in [0.29, 0.717) is 24.7 Å². The van der Waals surface area contributed by atoms with Gasteiger partial charge in [-0.1, -0.05) is 24.3 Å². The van der Waals surface area contributed by atoms with Crippen molar-refractivity contribution in [2.75, 3.05) is 6.54 Å². The second-order valence-corrected chi connectivity index (χ2v) is 4.03. The molecule has 0 bridgehead atoms. The predicted molar refractivity (Wildman–Crippen MR) is 60.8 cm³/mol. The number of alkyl halides is 1. The molecule has 1 aliphatic heterocycles. The van der Waals surface area contributed by atoms with E-state index in [0.717, 1.165) is 6.42 Å². The van der Waals surface area contributed by atoms with E-state index < -0.39 is 6.17 Å². The van der Waals surface area contributed by atoms with Gasteiger partial charge in [-0.05, 0) is 13.3 Å². The standard InChI is InChI=1S/C12H17FN2/c1-2-14-12-10(13)8-11(15-12)9-6-4-3-5-7-9/h3-6,9-11H,2,7-8H2,1H3,(H,14,15). The Morgan fingerprint density at radius 2 is 2.40 bits per heavy atom. The predicted octanol–water partition coefficient (Wildman–Crippen LogP) is 2.24. The third-order valence-corrected chi connectivity index (χ3v) is 2.95. The average molecular weight is 208 g/mol. The van der Waals surface area contributed by atoms with Crippen LogP contribution in [-0.2, 0) is 0 Å². The number of hydrogen-bond donors (Lipinski definition) is 1. The van der Waals surface area contributed by atoms with Gasteiger partial charge in [-0.25, -0.2) is 4.39 Å². The first-order valence-electron chi connectivity index (χ1n) is 5.59. The highest BCUT2D eigenvalue weighted by Gasteiger charge is 2.33. The van der Waals surface area contributed by atoms with Crippen LogP contribution in [0.25, 0.3) is 0 Å². The topological polar surface area (TPSA) is 24.4 Å². The molecule has 2 aliphatic rings.